The molecule has 0 aromatic heterocycles. The predicted octanol–water partition coefficient (Wildman–Crippen LogP) is 1.17. The Morgan fingerprint density at radius 1 is 1.47 bits per heavy atom. The lowest BCUT2D eigenvalue weighted by atomic mass is 10.1. The van der Waals surface area contributed by atoms with Gasteiger partial charge in [-0.05, 0) is 27.4 Å². The van der Waals surface area contributed by atoms with Crippen LogP contribution in [0.1, 0.15) is 33.1 Å². The summed E-state index contributed by atoms with van der Waals surface area (Å²) in [7, 11) is 3.99. The van der Waals surface area contributed by atoms with Gasteiger partial charge in [0.2, 0.25) is 0 Å². The van der Waals surface area contributed by atoms with Gasteiger partial charge in [-0.3, -0.25) is 4.79 Å². The molecule has 0 rings (SSSR count). The van der Waals surface area contributed by atoms with E-state index < -0.39 is 12.0 Å². The van der Waals surface area contributed by atoms with Crippen LogP contribution in [-0.4, -0.2) is 48.7 Å². The number of hydrogen-bond donors (Lipinski definition) is 2. The molecule has 2 atom stereocenters. The number of hydrogen-bond acceptors (Lipinski definition) is 3. The average Bonchev–Trinajstić information content (AvgIpc) is 2.16. The normalized spacial score (nSPS) is 15.3. The Balaban J connectivity index is 3.90. The SMILES string of the molecule is CCCCC(NCC(C)N(C)C)C(=O)O. The molecule has 0 aromatic carbocycles. The van der Waals surface area contributed by atoms with Crippen molar-refractivity contribution in [1.29, 1.82) is 0 Å². The Morgan fingerprint density at radius 3 is 2.47 bits per heavy atom. The first-order chi connectivity index (χ1) is 6.99. The molecule has 0 spiro atoms. The second-order valence-electron chi connectivity index (χ2n) is 4.25. The Bertz CT molecular complexity index is 183. The van der Waals surface area contributed by atoms with E-state index in [0.717, 1.165) is 12.8 Å². The molecule has 15 heavy (non-hydrogen) atoms. The van der Waals surface area contributed by atoms with E-state index in [4.69, 9.17) is 5.11 Å². The van der Waals surface area contributed by atoms with Gasteiger partial charge in [-0.15, -0.1) is 0 Å². The van der Waals surface area contributed by atoms with Gasteiger partial charge >= 0.3 is 5.97 Å². The number of carboxylic acids is 1. The van der Waals surface area contributed by atoms with Crippen molar-refractivity contribution < 1.29 is 9.90 Å². The lowest BCUT2D eigenvalue weighted by molar-refractivity contribution is -0.139. The second-order valence-corrected chi connectivity index (χ2v) is 4.25. The Morgan fingerprint density at radius 2 is 2.07 bits per heavy atom. The summed E-state index contributed by atoms with van der Waals surface area (Å²) >= 11 is 0. The van der Waals surface area contributed by atoms with E-state index in [-0.39, 0.29) is 0 Å². The quantitative estimate of drug-likeness (QED) is 0.639. The molecule has 0 saturated heterocycles. The van der Waals surface area contributed by atoms with Gasteiger partial charge in [0, 0.05) is 12.6 Å². The second kappa shape index (κ2) is 7.65. The van der Waals surface area contributed by atoms with E-state index in [0.29, 0.717) is 19.0 Å². The van der Waals surface area contributed by atoms with Gasteiger partial charge in [0.25, 0.3) is 0 Å². The van der Waals surface area contributed by atoms with Crippen molar-refractivity contribution in [3.8, 4) is 0 Å². The van der Waals surface area contributed by atoms with Crippen LogP contribution >= 0.6 is 0 Å². The lowest BCUT2D eigenvalue weighted by Gasteiger charge is -2.22. The van der Waals surface area contributed by atoms with E-state index in [1.54, 1.807) is 0 Å². The molecule has 0 aliphatic rings. The van der Waals surface area contributed by atoms with Crippen molar-refractivity contribution in [3.05, 3.63) is 0 Å². The molecule has 0 fully saturated rings. The minimum atomic E-state index is -0.741. The lowest BCUT2D eigenvalue weighted by Crippen LogP contribution is -2.43. The number of carbonyl (C=O) groups is 1. The Labute approximate surface area is 92.7 Å². The molecule has 0 aliphatic carbocycles. The van der Waals surface area contributed by atoms with Gasteiger partial charge in [0.1, 0.15) is 6.04 Å². The maximum atomic E-state index is 10.9. The molecule has 4 nitrogen and oxygen atoms in total. The van der Waals surface area contributed by atoms with Crippen molar-refractivity contribution >= 4 is 5.97 Å². The van der Waals surface area contributed by atoms with Gasteiger partial charge in [-0.2, -0.15) is 0 Å². The third kappa shape index (κ3) is 6.47. The van der Waals surface area contributed by atoms with Crippen molar-refractivity contribution in [3.63, 3.8) is 0 Å². The summed E-state index contributed by atoms with van der Waals surface area (Å²) in [6, 6.07) is -0.0409. The monoisotopic (exact) mass is 216 g/mol. The number of aliphatic carboxylic acids is 1. The molecule has 2 unspecified atom stereocenters. The molecule has 0 amide bonds. The molecule has 2 N–H and O–H groups in total. The van der Waals surface area contributed by atoms with E-state index in [2.05, 4.69) is 24.1 Å². The summed E-state index contributed by atoms with van der Waals surface area (Å²) < 4.78 is 0. The summed E-state index contributed by atoms with van der Waals surface area (Å²) in [6.45, 7) is 4.86. The minimum Gasteiger partial charge on any atom is -0.480 e. The fourth-order valence-corrected chi connectivity index (χ4v) is 1.22. The number of nitrogens with one attached hydrogen (secondary N) is 1. The van der Waals surface area contributed by atoms with Crippen LogP contribution in [0.25, 0.3) is 0 Å². The Hall–Kier alpha value is -0.610. The maximum Gasteiger partial charge on any atom is 0.320 e. The zero-order valence-corrected chi connectivity index (χ0v) is 10.3. The zero-order chi connectivity index (χ0) is 11.8. The van der Waals surface area contributed by atoms with Crippen LogP contribution in [0.15, 0.2) is 0 Å². The van der Waals surface area contributed by atoms with Crippen LogP contribution in [-0.2, 0) is 4.79 Å². The number of unbranched alkanes of at least 4 members (excludes halogenated alkanes) is 1. The third-order valence-corrected chi connectivity index (χ3v) is 2.69. The van der Waals surface area contributed by atoms with Crippen molar-refractivity contribution in [2.45, 2.75) is 45.2 Å². The van der Waals surface area contributed by atoms with Gasteiger partial charge < -0.3 is 15.3 Å². The fourth-order valence-electron chi connectivity index (χ4n) is 1.22. The summed E-state index contributed by atoms with van der Waals surface area (Å²) in [6.07, 6.45) is 2.71. The smallest absolute Gasteiger partial charge is 0.320 e. The number of nitrogens with zero attached hydrogens (tertiary/aromatic N) is 1. The van der Waals surface area contributed by atoms with Crippen LogP contribution in [0.4, 0.5) is 0 Å². The molecule has 0 aromatic rings. The highest BCUT2D eigenvalue weighted by atomic mass is 16.4. The van der Waals surface area contributed by atoms with Crippen molar-refractivity contribution in [1.82, 2.24) is 10.2 Å². The highest BCUT2D eigenvalue weighted by molar-refractivity contribution is 5.73. The summed E-state index contributed by atoms with van der Waals surface area (Å²) in [5.41, 5.74) is 0. The zero-order valence-electron chi connectivity index (χ0n) is 10.3. The first-order valence-electron chi connectivity index (χ1n) is 5.61. The van der Waals surface area contributed by atoms with E-state index in [1.807, 2.05) is 14.1 Å². The van der Waals surface area contributed by atoms with Gasteiger partial charge in [-0.1, -0.05) is 19.8 Å². The molecule has 0 radical (unpaired) electrons. The Kier molecular flexibility index (Phi) is 7.34. The van der Waals surface area contributed by atoms with Crippen molar-refractivity contribution in [2.24, 2.45) is 0 Å². The highest BCUT2D eigenvalue weighted by Crippen LogP contribution is 2.01. The van der Waals surface area contributed by atoms with Crippen LogP contribution in [0.5, 0.6) is 0 Å². The molecular weight excluding hydrogens is 192 g/mol. The van der Waals surface area contributed by atoms with Crippen LogP contribution < -0.4 is 5.32 Å². The average molecular weight is 216 g/mol. The van der Waals surface area contributed by atoms with Crippen LogP contribution in [0.3, 0.4) is 0 Å². The molecule has 0 saturated carbocycles. The molecular formula is C11H24N2O2. The van der Waals surface area contributed by atoms with Gasteiger partial charge in [0.15, 0.2) is 0 Å². The van der Waals surface area contributed by atoms with E-state index in [1.165, 1.54) is 0 Å². The first kappa shape index (κ1) is 14.4. The third-order valence-electron chi connectivity index (χ3n) is 2.69. The van der Waals surface area contributed by atoms with Crippen LogP contribution in [0.2, 0.25) is 0 Å². The van der Waals surface area contributed by atoms with Crippen molar-refractivity contribution in [2.75, 3.05) is 20.6 Å². The van der Waals surface area contributed by atoms with Crippen LogP contribution in [0, 0.1) is 0 Å². The minimum absolute atomic E-state index is 0.355. The molecule has 4 heteroatoms. The fraction of sp³-hybridized carbons (Fsp3) is 0.909. The molecule has 90 valence electrons. The predicted molar refractivity (Wildman–Crippen MR) is 62.1 cm³/mol. The molecule has 0 heterocycles. The van der Waals surface area contributed by atoms with Gasteiger partial charge in [0.05, 0.1) is 0 Å². The highest BCUT2D eigenvalue weighted by Gasteiger charge is 2.17. The largest absolute Gasteiger partial charge is 0.480 e. The topological polar surface area (TPSA) is 52.6 Å². The number of rotatable bonds is 8. The van der Waals surface area contributed by atoms with E-state index >= 15 is 0 Å². The number of carboxylic acid groups (broad SMARTS) is 1. The standard InChI is InChI=1S/C11H24N2O2/c1-5-6-7-10(11(14)15)12-8-9(2)13(3)4/h9-10,12H,5-8H2,1-4H3,(H,14,15). The van der Waals surface area contributed by atoms with E-state index in [9.17, 15) is 4.79 Å². The first-order valence-corrected chi connectivity index (χ1v) is 5.61. The molecule has 0 aliphatic heterocycles. The summed E-state index contributed by atoms with van der Waals surface area (Å²) in [4.78, 5) is 13.0. The van der Waals surface area contributed by atoms with Gasteiger partial charge in [-0.25, -0.2) is 0 Å². The maximum absolute atomic E-state index is 10.9. The summed E-state index contributed by atoms with van der Waals surface area (Å²) in [5.74, 6) is -0.741. The summed E-state index contributed by atoms with van der Waals surface area (Å²) in [5, 5.41) is 12.1. The number of likely N-dealkylation sites (N-methyl/N-ethyl adjacent to an activating group) is 1. The molecule has 0 bridgehead atoms.